The van der Waals surface area contributed by atoms with Crippen molar-refractivity contribution in [1.82, 2.24) is 10.6 Å². The number of nitrogens with one attached hydrogen (secondary N) is 2. The van der Waals surface area contributed by atoms with Gasteiger partial charge in [-0.25, -0.2) is 0 Å². The molecule has 1 aromatic carbocycles. The summed E-state index contributed by atoms with van der Waals surface area (Å²) in [5.74, 6) is 3.35. The van der Waals surface area contributed by atoms with Crippen LogP contribution < -0.4 is 20.1 Å². The number of methoxy groups -OCH3 is 2. The van der Waals surface area contributed by atoms with E-state index in [-0.39, 0.29) is 0 Å². The average Bonchev–Trinajstić information content (AvgIpc) is 3.47. The highest BCUT2D eigenvalue weighted by Gasteiger charge is 2.20. The van der Waals surface area contributed by atoms with E-state index in [1.165, 1.54) is 12.8 Å². The van der Waals surface area contributed by atoms with Gasteiger partial charge in [0.25, 0.3) is 0 Å². The van der Waals surface area contributed by atoms with Gasteiger partial charge in [-0.1, -0.05) is 0 Å². The lowest BCUT2D eigenvalue weighted by molar-refractivity contribution is 0.123. The summed E-state index contributed by atoms with van der Waals surface area (Å²) in [6, 6.07) is 5.85. The average molecular weight is 349 g/mol. The van der Waals surface area contributed by atoms with Crippen molar-refractivity contribution in [1.29, 1.82) is 0 Å². The highest BCUT2D eigenvalue weighted by atomic mass is 16.5. The van der Waals surface area contributed by atoms with Gasteiger partial charge in [-0.05, 0) is 55.4 Å². The van der Waals surface area contributed by atoms with Crippen LogP contribution in [0.3, 0.4) is 0 Å². The number of aliphatic imine (C=N–C) groups is 1. The summed E-state index contributed by atoms with van der Waals surface area (Å²) in [5.41, 5.74) is 1.11. The molecule has 25 heavy (non-hydrogen) atoms. The maximum Gasteiger partial charge on any atom is 0.190 e. The van der Waals surface area contributed by atoms with Crippen LogP contribution in [0.4, 0.5) is 0 Å². The summed E-state index contributed by atoms with van der Waals surface area (Å²) in [6.07, 6.45) is 4.49. The number of hydrogen-bond donors (Lipinski definition) is 2. The first-order chi connectivity index (χ1) is 12.3. The van der Waals surface area contributed by atoms with E-state index in [9.17, 15) is 0 Å². The van der Waals surface area contributed by atoms with Gasteiger partial charge < -0.3 is 24.8 Å². The number of rotatable bonds is 11. The topological polar surface area (TPSA) is 64.1 Å². The van der Waals surface area contributed by atoms with Gasteiger partial charge in [0.2, 0.25) is 0 Å². The van der Waals surface area contributed by atoms with Crippen LogP contribution in [-0.4, -0.2) is 53.5 Å². The molecule has 2 rings (SSSR count). The summed E-state index contributed by atoms with van der Waals surface area (Å²) < 4.78 is 16.3. The van der Waals surface area contributed by atoms with E-state index in [0.29, 0.717) is 0 Å². The van der Waals surface area contributed by atoms with Crippen molar-refractivity contribution >= 4 is 5.96 Å². The molecule has 0 aliphatic heterocycles. The van der Waals surface area contributed by atoms with Crippen molar-refractivity contribution in [3.63, 3.8) is 0 Å². The fourth-order valence-electron chi connectivity index (χ4n) is 2.53. The van der Waals surface area contributed by atoms with Crippen LogP contribution in [0.25, 0.3) is 0 Å². The molecule has 1 aliphatic carbocycles. The molecule has 1 aliphatic rings. The molecule has 6 heteroatoms. The summed E-state index contributed by atoms with van der Waals surface area (Å²) in [7, 11) is 5.14. The zero-order valence-corrected chi connectivity index (χ0v) is 15.6. The predicted molar refractivity (Wildman–Crippen MR) is 101 cm³/mol. The molecule has 0 radical (unpaired) electrons. The molecular weight excluding hydrogens is 318 g/mol. The Morgan fingerprint density at radius 2 is 1.96 bits per heavy atom. The summed E-state index contributed by atoms with van der Waals surface area (Å²) in [5, 5.41) is 6.64. The van der Waals surface area contributed by atoms with Crippen molar-refractivity contribution in [2.75, 3.05) is 47.6 Å². The fraction of sp³-hybridized carbons (Fsp3) is 0.632. The molecule has 0 amide bonds. The largest absolute Gasteiger partial charge is 0.497 e. The molecule has 0 saturated heterocycles. The van der Waals surface area contributed by atoms with E-state index in [1.54, 1.807) is 21.3 Å². The van der Waals surface area contributed by atoms with Gasteiger partial charge in [-0.3, -0.25) is 4.99 Å². The third kappa shape index (κ3) is 7.22. The lowest BCUT2D eigenvalue weighted by Gasteiger charge is -2.14. The van der Waals surface area contributed by atoms with E-state index >= 15 is 0 Å². The normalized spacial score (nSPS) is 14.3. The molecule has 0 spiro atoms. The second kappa shape index (κ2) is 10.8. The zero-order chi connectivity index (χ0) is 17.9. The van der Waals surface area contributed by atoms with Gasteiger partial charge in [0, 0.05) is 33.4 Å². The molecule has 0 aromatic heterocycles. The minimum absolute atomic E-state index is 0.765. The highest BCUT2D eigenvalue weighted by molar-refractivity contribution is 5.79. The number of ether oxygens (including phenoxy) is 3. The summed E-state index contributed by atoms with van der Waals surface area (Å²) >= 11 is 0. The summed E-state index contributed by atoms with van der Waals surface area (Å²) in [4.78, 5) is 4.25. The monoisotopic (exact) mass is 349 g/mol. The Labute approximate surface area is 151 Å². The number of benzene rings is 1. The Balaban J connectivity index is 1.64. The van der Waals surface area contributed by atoms with Gasteiger partial charge in [0.1, 0.15) is 11.5 Å². The minimum Gasteiger partial charge on any atom is -0.497 e. The van der Waals surface area contributed by atoms with Crippen molar-refractivity contribution in [3.8, 4) is 11.5 Å². The first kappa shape index (κ1) is 19.4. The van der Waals surface area contributed by atoms with Crippen LogP contribution in [-0.2, 0) is 11.2 Å². The Morgan fingerprint density at radius 3 is 2.64 bits per heavy atom. The maximum atomic E-state index is 5.63. The molecule has 1 saturated carbocycles. The second-order valence-corrected chi connectivity index (χ2v) is 6.23. The molecule has 0 unspecified atom stereocenters. The van der Waals surface area contributed by atoms with Gasteiger partial charge in [0.05, 0.1) is 14.2 Å². The van der Waals surface area contributed by atoms with Crippen LogP contribution in [0, 0.1) is 5.92 Å². The molecule has 0 atom stereocenters. The molecule has 6 nitrogen and oxygen atoms in total. The van der Waals surface area contributed by atoms with Crippen molar-refractivity contribution in [2.45, 2.75) is 25.7 Å². The maximum absolute atomic E-state index is 5.63. The standard InChI is InChI=1S/C19H31N3O3/c1-20-19(21-10-4-12-25-14-15-5-6-15)22-11-9-16-13-17(23-2)7-8-18(16)24-3/h7-8,13,15H,4-6,9-12,14H2,1-3H3,(H2,20,21,22). The van der Waals surface area contributed by atoms with Crippen molar-refractivity contribution in [3.05, 3.63) is 23.8 Å². The first-order valence-electron chi connectivity index (χ1n) is 9.00. The van der Waals surface area contributed by atoms with Crippen molar-refractivity contribution in [2.24, 2.45) is 10.9 Å². The highest BCUT2D eigenvalue weighted by Crippen LogP contribution is 2.28. The van der Waals surface area contributed by atoms with Gasteiger partial charge in [-0.2, -0.15) is 0 Å². The van der Waals surface area contributed by atoms with Crippen molar-refractivity contribution < 1.29 is 14.2 Å². The molecular formula is C19H31N3O3. The first-order valence-corrected chi connectivity index (χ1v) is 9.00. The van der Waals surface area contributed by atoms with Gasteiger partial charge in [-0.15, -0.1) is 0 Å². The third-order valence-electron chi connectivity index (χ3n) is 4.21. The Kier molecular flexibility index (Phi) is 8.39. The lowest BCUT2D eigenvalue weighted by Crippen LogP contribution is -2.39. The smallest absolute Gasteiger partial charge is 0.190 e. The quantitative estimate of drug-likeness (QED) is 0.364. The molecule has 0 bridgehead atoms. The number of nitrogens with zero attached hydrogens (tertiary/aromatic N) is 1. The number of guanidine groups is 1. The second-order valence-electron chi connectivity index (χ2n) is 6.23. The molecule has 140 valence electrons. The lowest BCUT2D eigenvalue weighted by atomic mass is 10.1. The third-order valence-corrected chi connectivity index (χ3v) is 4.21. The predicted octanol–water partition coefficient (Wildman–Crippen LogP) is 2.23. The Hall–Kier alpha value is -1.95. The van der Waals surface area contributed by atoms with Crippen LogP contribution in [0.2, 0.25) is 0 Å². The fourth-order valence-corrected chi connectivity index (χ4v) is 2.53. The van der Waals surface area contributed by atoms with E-state index in [4.69, 9.17) is 14.2 Å². The van der Waals surface area contributed by atoms with E-state index in [0.717, 1.165) is 68.1 Å². The van der Waals surface area contributed by atoms with Crippen LogP contribution in [0.15, 0.2) is 23.2 Å². The Morgan fingerprint density at radius 1 is 1.16 bits per heavy atom. The van der Waals surface area contributed by atoms with E-state index < -0.39 is 0 Å². The van der Waals surface area contributed by atoms with Gasteiger partial charge >= 0.3 is 0 Å². The van der Waals surface area contributed by atoms with Crippen LogP contribution in [0.5, 0.6) is 11.5 Å². The van der Waals surface area contributed by atoms with E-state index in [2.05, 4.69) is 15.6 Å². The van der Waals surface area contributed by atoms with Crippen LogP contribution in [0.1, 0.15) is 24.8 Å². The molecule has 1 aromatic rings. The molecule has 0 heterocycles. The summed E-state index contributed by atoms with van der Waals surface area (Å²) in [6.45, 7) is 3.35. The van der Waals surface area contributed by atoms with Crippen LogP contribution >= 0.6 is 0 Å². The number of hydrogen-bond acceptors (Lipinski definition) is 4. The SMILES string of the molecule is CN=C(NCCCOCC1CC1)NCCc1cc(OC)ccc1OC. The molecule has 2 N–H and O–H groups in total. The van der Waals surface area contributed by atoms with E-state index in [1.807, 2.05) is 18.2 Å². The zero-order valence-electron chi connectivity index (χ0n) is 15.6. The van der Waals surface area contributed by atoms with Gasteiger partial charge in [0.15, 0.2) is 5.96 Å². The molecule has 1 fully saturated rings. The minimum atomic E-state index is 0.765. The Bertz CT molecular complexity index is 545.